The maximum atomic E-state index is 13.9. The predicted octanol–water partition coefficient (Wildman–Crippen LogP) is 5.88. The van der Waals surface area contributed by atoms with Gasteiger partial charge in [-0.15, -0.1) is 0 Å². The first-order valence-electron chi connectivity index (χ1n) is 14.5. The average molecular weight is 610 g/mol. The molecule has 0 spiro atoms. The maximum absolute atomic E-state index is 13.9. The van der Waals surface area contributed by atoms with Gasteiger partial charge in [0.15, 0.2) is 6.29 Å². The second-order valence-electron chi connectivity index (χ2n) is 10.8. The summed E-state index contributed by atoms with van der Waals surface area (Å²) < 4.78 is 31.5. The summed E-state index contributed by atoms with van der Waals surface area (Å²) >= 11 is 1.45. The van der Waals surface area contributed by atoms with Gasteiger partial charge in [-0.05, 0) is 42.0 Å². The zero-order valence-corrected chi connectivity index (χ0v) is 24.8. The molecule has 0 bridgehead atoms. The molecule has 2 amide bonds. The predicted molar refractivity (Wildman–Crippen MR) is 163 cm³/mol. The molecule has 3 heterocycles. The molecule has 8 nitrogen and oxygen atoms in total. The Morgan fingerprint density at radius 3 is 2.09 bits per heavy atom. The summed E-state index contributed by atoms with van der Waals surface area (Å²) in [6, 6.07) is 33.2. The molecule has 224 valence electrons. The van der Waals surface area contributed by atoms with E-state index in [4.69, 9.17) is 23.7 Å². The summed E-state index contributed by atoms with van der Waals surface area (Å²) in [5.41, 5.74) is 1.85. The first-order chi connectivity index (χ1) is 21.6. The van der Waals surface area contributed by atoms with Gasteiger partial charge in [0.2, 0.25) is 0 Å². The van der Waals surface area contributed by atoms with Crippen LogP contribution >= 0.6 is 11.8 Å². The standard InChI is InChI=1S/C35H31NO7S/c1-39-24-18-16-22(17-19-24)20-40-31-29(36-32(37)26-14-8-9-15-27(26)33(36)38)35(44-25-12-6-3-7-13-25)42-28-21-41-34(43-30(28)31)23-10-4-2-5-11-23/h2-19,28-31,34-35H,20-21H2,1H3/t28-,29-,30-,31-,34?,35+/m1/s1. The van der Waals surface area contributed by atoms with E-state index in [0.29, 0.717) is 11.1 Å². The lowest BCUT2D eigenvalue weighted by Gasteiger charge is -2.51. The number of fused-ring (bicyclic) bond motifs is 2. The van der Waals surface area contributed by atoms with Crippen molar-refractivity contribution in [1.29, 1.82) is 0 Å². The minimum atomic E-state index is -0.804. The van der Waals surface area contributed by atoms with Crippen molar-refractivity contribution in [2.45, 2.75) is 47.6 Å². The van der Waals surface area contributed by atoms with E-state index < -0.39 is 36.1 Å². The number of rotatable bonds is 8. The molecule has 4 aromatic rings. The summed E-state index contributed by atoms with van der Waals surface area (Å²) in [5, 5.41) is 0. The molecule has 2 fully saturated rings. The van der Waals surface area contributed by atoms with Crippen molar-refractivity contribution in [2.24, 2.45) is 0 Å². The van der Waals surface area contributed by atoms with Crippen molar-refractivity contribution < 1.29 is 33.3 Å². The first-order valence-corrected chi connectivity index (χ1v) is 15.4. The van der Waals surface area contributed by atoms with Crippen molar-refractivity contribution in [3.05, 3.63) is 131 Å². The third kappa shape index (κ3) is 5.53. The molecule has 7 rings (SSSR count). The molecule has 3 aliphatic heterocycles. The van der Waals surface area contributed by atoms with E-state index in [1.165, 1.54) is 16.7 Å². The van der Waals surface area contributed by atoms with Crippen LogP contribution in [0, 0.1) is 0 Å². The minimum absolute atomic E-state index is 0.223. The number of carbonyl (C=O) groups is 2. The second-order valence-corrected chi connectivity index (χ2v) is 12.0. The van der Waals surface area contributed by atoms with E-state index in [9.17, 15) is 9.59 Å². The zero-order chi connectivity index (χ0) is 30.0. The fourth-order valence-electron chi connectivity index (χ4n) is 5.92. The molecule has 0 aliphatic carbocycles. The van der Waals surface area contributed by atoms with Gasteiger partial charge in [-0.2, -0.15) is 0 Å². The SMILES string of the molecule is COc1ccc(CO[C@H]2[C@@H]3OC(c4ccccc4)OC[C@H]3O[C@@H](Sc3ccccc3)[C@@H]2N2C(=O)c3ccccc3C2=O)cc1. The van der Waals surface area contributed by atoms with E-state index in [1.807, 2.05) is 84.9 Å². The van der Waals surface area contributed by atoms with E-state index in [1.54, 1.807) is 31.4 Å². The van der Waals surface area contributed by atoms with Crippen molar-refractivity contribution in [1.82, 2.24) is 4.90 Å². The highest BCUT2D eigenvalue weighted by molar-refractivity contribution is 7.99. The number of hydrogen-bond donors (Lipinski definition) is 0. The number of imide groups is 1. The van der Waals surface area contributed by atoms with E-state index >= 15 is 0 Å². The molecule has 0 aromatic heterocycles. The number of nitrogens with zero attached hydrogens (tertiary/aromatic N) is 1. The van der Waals surface area contributed by atoms with Crippen molar-refractivity contribution >= 4 is 23.6 Å². The minimum Gasteiger partial charge on any atom is -0.497 e. The summed E-state index contributed by atoms with van der Waals surface area (Å²) in [7, 11) is 1.62. The normalized spacial score (nSPS) is 26.2. The Bertz CT molecular complexity index is 1580. The third-order valence-electron chi connectivity index (χ3n) is 8.10. The Morgan fingerprint density at radius 2 is 1.43 bits per heavy atom. The second kappa shape index (κ2) is 12.6. The number of methoxy groups -OCH3 is 1. The van der Waals surface area contributed by atoms with Crippen LogP contribution in [0.3, 0.4) is 0 Å². The molecule has 1 unspecified atom stereocenters. The van der Waals surface area contributed by atoms with Gasteiger partial charge in [0.1, 0.15) is 35.5 Å². The number of carbonyl (C=O) groups excluding carboxylic acids is 2. The highest BCUT2D eigenvalue weighted by Gasteiger charge is 2.56. The fraction of sp³-hybridized carbons (Fsp3) is 0.257. The number of ether oxygens (including phenoxy) is 5. The lowest BCUT2D eigenvalue weighted by Crippen LogP contribution is -2.67. The van der Waals surface area contributed by atoms with Crippen LogP contribution < -0.4 is 4.74 Å². The summed E-state index contributed by atoms with van der Waals surface area (Å²) in [6.45, 7) is 0.480. The number of amides is 2. The largest absolute Gasteiger partial charge is 0.497 e. The Morgan fingerprint density at radius 1 is 0.795 bits per heavy atom. The van der Waals surface area contributed by atoms with Gasteiger partial charge in [0.25, 0.3) is 11.8 Å². The number of thioether (sulfide) groups is 1. The van der Waals surface area contributed by atoms with Crippen LogP contribution in [0.2, 0.25) is 0 Å². The molecule has 3 aliphatic rings. The summed E-state index contributed by atoms with van der Waals surface area (Å²) in [4.78, 5) is 30.1. The maximum Gasteiger partial charge on any atom is 0.262 e. The topological polar surface area (TPSA) is 83.5 Å². The molecule has 0 radical (unpaired) electrons. The molecule has 6 atom stereocenters. The van der Waals surface area contributed by atoms with Crippen LogP contribution in [-0.4, -0.2) is 60.2 Å². The molecule has 0 saturated carbocycles. The molecular formula is C35H31NO7S. The van der Waals surface area contributed by atoms with E-state index in [0.717, 1.165) is 21.8 Å². The van der Waals surface area contributed by atoms with Crippen LogP contribution in [0.4, 0.5) is 0 Å². The van der Waals surface area contributed by atoms with Crippen LogP contribution in [0.5, 0.6) is 5.75 Å². The molecule has 44 heavy (non-hydrogen) atoms. The zero-order valence-electron chi connectivity index (χ0n) is 24.0. The molecule has 2 saturated heterocycles. The molecule has 4 aromatic carbocycles. The van der Waals surface area contributed by atoms with Crippen molar-refractivity contribution in [3.8, 4) is 5.75 Å². The number of hydrogen-bond acceptors (Lipinski definition) is 8. The van der Waals surface area contributed by atoms with Gasteiger partial charge >= 0.3 is 0 Å². The smallest absolute Gasteiger partial charge is 0.262 e. The molecule has 0 N–H and O–H groups in total. The van der Waals surface area contributed by atoms with Crippen LogP contribution in [0.25, 0.3) is 0 Å². The third-order valence-corrected chi connectivity index (χ3v) is 9.27. The fourth-order valence-corrected chi connectivity index (χ4v) is 7.12. The van der Waals surface area contributed by atoms with Crippen LogP contribution in [0.1, 0.15) is 38.1 Å². The highest BCUT2D eigenvalue weighted by atomic mass is 32.2. The van der Waals surface area contributed by atoms with Gasteiger partial charge in [-0.25, -0.2) is 0 Å². The van der Waals surface area contributed by atoms with Gasteiger partial charge in [0.05, 0.1) is 31.5 Å². The lowest BCUT2D eigenvalue weighted by atomic mass is 9.95. The van der Waals surface area contributed by atoms with E-state index in [2.05, 4.69) is 0 Å². The van der Waals surface area contributed by atoms with Gasteiger partial charge in [-0.3, -0.25) is 14.5 Å². The highest BCUT2D eigenvalue weighted by Crippen LogP contribution is 2.43. The van der Waals surface area contributed by atoms with Gasteiger partial charge in [0, 0.05) is 10.5 Å². The Labute approximate surface area is 259 Å². The van der Waals surface area contributed by atoms with Crippen LogP contribution in [0.15, 0.2) is 114 Å². The Balaban J connectivity index is 1.28. The van der Waals surface area contributed by atoms with Crippen LogP contribution in [-0.2, 0) is 25.6 Å². The Hall–Kier alpha value is -3.99. The lowest BCUT2D eigenvalue weighted by molar-refractivity contribution is -0.316. The molecule has 9 heteroatoms. The monoisotopic (exact) mass is 609 g/mol. The van der Waals surface area contributed by atoms with Crippen molar-refractivity contribution in [2.75, 3.05) is 13.7 Å². The average Bonchev–Trinajstić information content (AvgIpc) is 3.33. The Kier molecular flexibility index (Phi) is 8.20. The van der Waals surface area contributed by atoms with Gasteiger partial charge in [-0.1, -0.05) is 84.6 Å². The first kappa shape index (κ1) is 28.8. The summed E-state index contributed by atoms with van der Waals surface area (Å²) in [5.74, 6) is -0.0105. The quantitative estimate of drug-likeness (QED) is 0.229. The van der Waals surface area contributed by atoms with Crippen molar-refractivity contribution in [3.63, 3.8) is 0 Å². The molecular weight excluding hydrogens is 578 g/mol. The van der Waals surface area contributed by atoms with E-state index in [-0.39, 0.29) is 25.0 Å². The summed E-state index contributed by atoms with van der Waals surface area (Å²) in [6.07, 6.45) is -2.51. The number of benzene rings is 4. The van der Waals surface area contributed by atoms with Gasteiger partial charge < -0.3 is 23.7 Å².